The van der Waals surface area contributed by atoms with E-state index >= 15 is 0 Å². The Morgan fingerprint density at radius 1 is 1.14 bits per heavy atom. The van der Waals surface area contributed by atoms with Gasteiger partial charge in [0.25, 0.3) is 0 Å². The molecule has 0 saturated carbocycles. The number of oxime groups is 1. The summed E-state index contributed by atoms with van der Waals surface area (Å²) >= 11 is 0. The lowest BCUT2D eigenvalue weighted by atomic mass is 9.95. The number of carbonyl (C=O) groups is 2. The topological polar surface area (TPSA) is 74.2 Å². The Kier molecular flexibility index (Phi) is 8.46. The van der Waals surface area contributed by atoms with Crippen LogP contribution in [0.3, 0.4) is 0 Å². The molecule has 0 aromatic heterocycles. The summed E-state index contributed by atoms with van der Waals surface area (Å²) in [4.78, 5) is 29.0. The lowest BCUT2D eigenvalue weighted by Crippen LogP contribution is -2.14. The Labute approximate surface area is 165 Å². The molecule has 1 aromatic rings. The predicted octanol–water partition coefficient (Wildman–Crippen LogP) is 3.84. The fraction of sp³-hybridized carbons (Fsp3) is 0.409. The minimum absolute atomic E-state index is 0.266. The zero-order valence-electron chi connectivity index (χ0n) is 16.7. The first-order chi connectivity index (χ1) is 13.5. The number of hydrogen-bond donors (Lipinski definition) is 0. The Hall–Kier alpha value is -2.89. The van der Waals surface area contributed by atoms with Gasteiger partial charge in [-0.15, -0.1) is 0 Å². The van der Waals surface area contributed by atoms with Crippen molar-refractivity contribution in [2.75, 3.05) is 20.3 Å². The normalized spacial score (nSPS) is 18.0. The van der Waals surface area contributed by atoms with Gasteiger partial charge in [0.05, 0.1) is 25.0 Å². The summed E-state index contributed by atoms with van der Waals surface area (Å²) in [6.45, 7) is 3.96. The number of methoxy groups -OCH3 is 1. The van der Waals surface area contributed by atoms with E-state index in [0.29, 0.717) is 30.7 Å². The van der Waals surface area contributed by atoms with Crippen molar-refractivity contribution >= 4 is 17.7 Å². The van der Waals surface area contributed by atoms with Gasteiger partial charge in [0.2, 0.25) is 6.61 Å². The third-order valence-corrected chi connectivity index (χ3v) is 4.22. The first kappa shape index (κ1) is 21.4. The van der Waals surface area contributed by atoms with Gasteiger partial charge in [0, 0.05) is 6.42 Å². The molecule has 6 nitrogen and oxygen atoms in total. The molecule has 1 aromatic carbocycles. The number of benzene rings is 1. The Morgan fingerprint density at radius 3 is 2.68 bits per heavy atom. The largest absolute Gasteiger partial charge is 0.466 e. The highest BCUT2D eigenvalue weighted by Gasteiger charge is 2.18. The predicted molar refractivity (Wildman–Crippen MR) is 107 cm³/mol. The molecule has 0 radical (unpaired) electrons. The van der Waals surface area contributed by atoms with Crippen LogP contribution in [0.25, 0.3) is 0 Å². The molecule has 0 aliphatic carbocycles. The molecule has 6 heteroatoms. The van der Waals surface area contributed by atoms with Crippen LogP contribution in [0.15, 0.2) is 41.6 Å². The van der Waals surface area contributed by atoms with E-state index in [1.807, 2.05) is 44.2 Å². The second-order valence-corrected chi connectivity index (χ2v) is 6.60. The minimum atomic E-state index is -0.505. The summed E-state index contributed by atoms with van der Waals surface area (Å²) in [5.41, 5.74) is 3.90. The highest BCUT2D eigenvalue weighted by molar-refractivity contribution is 5.99. The van der Waals surface area contributed by atoms with E-state index in [0.717, 1.165) is 29.5 Å². The molecule has 2 rings (SSSR count). The van der Waals surface area contributed by atoms with Gasteiger partial charge < -0.3 is 14.3 Å². The number of ether oxygens (including phenoxy) is 2. The van der Waals surface area contributed by atoms with Crippen molar-refractivity contribution in [1.29, 1.82) is 0 Å². The molecule has 1 aliphatic heterocycles. The van der Waals surface area contributed by atoms with Crippen molar-refractivity contribution < 1.29 is 23.9 Å². The fourth-order valence-electron chi connectivity index (χ4n) is 2.97. The van der Waals surface area contributed by atoms with Crippen molar-refractivity contribution in [3.63, 3.8) is 0 Å². The van der Waals surface area contributed by atoms with E-state index < -0.39 is 5.97 Å². The number of aryl methyl sites for hydroxylation is 2. The molecule has 0 atom stereocenters. The van der Waals surface area contributed by atoms with Crippen molar-refractivity contribution in [1.82, 2.24) is 0 Å². The van der Waals surface area contributed by atoms with E-state index in [-0.39, 0.29) is 12.6 Å². The molecule has 1 heterocycles. The SMILES string of the molecule is COC(=O)CO/N=C1\C=CCC/C=C/CCOC(=O)c2c(C)cc(C)cc2C1. The molecular weight excluding hydrogens is 358 g/mol. The van der Waals surface area contributed by atoms with Crippen molar-refractivity contribution in [3.05, 3.63) is 58.7 Å². The van der Waals surface area contributed by atoms with Gasteiger partial charge in [-0.3, -0.25) is 0 Å². The van der Waals surface area contributed by atoms with Crippen LogP contribution in [0.5, 0.6) is 0 Å². The maximum atomic E-state index is 12.7. The van der Waals surface area contributed by atoms with Crippen LogP contribution in [0.2, 0.25) is 0 Å². The fourth-order valence-corrected chi connectivity index (χ4v) is 2.97. The summed E-state index contributed by atoms with van der Waals surface area (Å²) in [6.07, 6.45) is 10.8. The standard InChI is InChI=1S/C22H27NO5/c1-16-12-17(2)21-18(13-16)14-19(23-28-15-20(24)26-3)10-8-6-4-5-7-9-11-27-22(21)25/h5,7-8,10,12-13H,4,6,9,11,14-15H2,1-3H3/b7-5+,10-8?,23-19+. The molecule has 0 amide bonds. The van der Waals surface area contributed by atoms with E-state index in [2.05, 4.69) is 16.0 Å². The molecule has 0 fully saturated rings. The average molecular weight is 385 g/mol. The van der Waals surface area contributed by atoms with Gasteiger partial charge in [0.15, 0.2) is 0 Å². The van der Waals surface area contributed by atoms with Crippen LogP contribution in [0.1, 0.15) is 46.3 Å². The first-order valence-electron chi connectivity index (χ1n) is 9.35. The van der Waals surface area contributed by atoms with Crippen LogP contribution in [0.4, 0.5) is 0 Å². The summed E-state index contributed by atoms with van der Waals surface area (Å²) in [7, 11) is 1.29. The maximum Gasteiger partial charge on any atom is 0.346 e. The minimum Gasteiger partial charge on any atom is -0.466 e. The van der Waals surface area contributed by atoms with E-state index in [9.17, 15) is 9.59 Å². The molecule has 0 N–H and O–H groups in total. The number of hydrogen-bond acceptors (Lipinski definition) is 6. The zero-order valence-corrected chi connectivity index (χ0v) is 16.7. The van der Waals surface area contributed by atoms with Gasteiger partial charge in [-0.2, -0.15) is 0 Å². The number of rotatable bonds is 3. The number of cyclic esters (lactones) is 1. The molecule has 28 heavy (non-hydrogen) atoms. The summed E-state index contributed by atoms with van der Waals surface area (Å²) in [5.74, 6) is -0.841. The van der Waals surface area contributed by atoms with Gasteiger partial charge >= 0.3 is 11.9 Å². The van der Waals surface area contributed by atoms with Gasteiger partial charge in [-0.25, -0.2) is 9.59 Å². The third kappa shape index (κ3) is 6.68. The molecule has 150 valence electrons. The van der Waals surface area contributed by atoms with Crippen molar-refractivity contribution in [2.45, 2.75) is 39.5 Å². The zero-order chi connectivity index (χ0) is 20.4. The molecular formula is C22H27NO5. The summed E-state index contributed by atoms with van der Waals surface area (Å²) < 4.78 is 10.0. The highest BCUT2D eigenvalue weighted by atomic mass is 16.6. The number of allylic oxidation sites excluding steroid dienone is 3. The number of carbonyl (C=O) groups excluding carboxylic acids is 2. The van der Waals surface area contributed by atoms with Crippen LogP contribution >= 0.6 is 0 Å². The summed E-state index contributed by atoms with van der Waals surface area (Å²) in [6, 6.07) is 3.92. The van der Waals surface area contributed by atoms with Crippen LogP contribution in [0, 0.1) is 13.8 Å². The third-order valence-electron chi connectivity index (χ3n) is 4.22. The van der Waals surface area contributed by atoms with Crippen molar-refractivity contribution in [3.8, 4) is 0 Å². The highest BCUT2D eigenvalue weighted by Crippen LogP contribution is 2.20. The maximum absolute atomic E-state index is 12.7. The van der Waals surface area contributed by atoms with Crippen LogP contribution < -0.4 is 0 Å². The monoisotopic (exact) mass is 385 g/mol. The van der Waals surface area contributed by atoms with Crippen LogP contribution in [-0.2, 0) is 25.5 Å². The van der Waals surface area contributed by atoms with Gasteiger partial charge in [0.1, 0.15) is 0 Å². The smallest absolute Gasteiger partial charge is 0.346 e. The average Bonchev–Trinajstić information content (AvgIpc) is 2.65. The quantitative estimate of drug-likeness (QED) is 0.449. The van der Waals surface area contributed by atoms with Gasteiger partial charge in [-0.1, -0.05) is 41.1 Å². The summed E-state index contributed by atoms with van der Waals surface area (Å²) in [5, 5.41) is 4.08. The lowest BCUT2D eigenvalue weighted by molar-refractivity contribution is -0.145. The Morgan fingerprint density at radius 2 is 1.89 bits per heavy atom. The van der Waals surface area contributed by atoms with E-state index in [4.69, 9.17) is 9.57 Å². The lowest BCUT2D eigenvalue weighted by Gasteiger charge is -2.14. The first-order valence-corrected chi connectivity index (χ1v) is 9.35. The number of esters is 2. The molecule has 0 saturated heterocycles. The van der Waals surface area contributed by atoms with E-state index in [1.54, 1.807) is 0 Å². The van der Waals surface area contributed by atoms with Gasteiger partial charge in [-0.05, 0) is 50.3 Å². The second kappa shape index (κ2) is 11.1. The Balaban J connectivity index is 2.36. The molecule has 0 bridgehead atoms. The second-order valence-electron chi connectivity index (χ2n) is 6.60. The molecule has 1 aliphatic rings. The number of nitrogens with zero attached hydrogens (tertiary/aromatic N) is 1. The van der Waals surface area contributed by atoms with Crippen molar-refractivity contribution in [2.24, 2.45) is 5.16 Å². The van der Waals surface area contributed by atoms with Crippen LogP contribution in [-0.4, -0.2) is 38.0 Å². The molecule has 0 spiro atoms. The Bertz CT molecular complexity index is 792. The molecule has 0 unspecified atom stereocenters. The van der Waals surface area contributed by atoms with E-state index in [1.165, 1.54) is 7.11 Å². The number of fused-ring (bicyclic) bond motifs is 1.